The zero-order chi connectivity index (χ0) is 13.1. The Balaban J connectivity index is 2.92. The van der Waals surface area contributed by atoms with Gasteiger partial charge in [-0.15, -0.1) is 11.8 Å². The minimum absolute atomic E-state index is 0.306. The fourth-order valence-electron chi connectivity index (χ4n) is 1.04. The van der Waals surface area contributed by atoms with Gasteiger partial charge in [-0.1, -0.05) is 0 Å². The molecular weight excluding hydrogens is 257 g/mol. The Labute approximate surface area is 108 Å². The molecule has 0 aliphatic heterocycles. The molecule has 94 valence electrons. The molecule has 0 heterocycles. The highest BCUT2D eigenvalue weighted by Crippen LogP contribution is 2.18. The lowest BCUT2D eigenvalue weighted by atomic mass is 10.2. The Kier molecular flexibility index (Phi) is 4.89. The van der Waals surface area contributed by atoms with Crippen molar-refractivity contribution >= 4 is 29.0 Å². The highest BCUT2D eigenvalue weighted by atomic mass is 32.2. The summed E-state index contributed by atoms with van der Waals surface area (Å²) in [5, 5.41) is 0. The second kappa shape index (κ2) is 5.78. The molecule has 0 saturated carbocycles. The first-order valence-corrected chi connectivity index (χ1v) is 7.47. The summed E-state index contributed by atoms with van der Waals surface area (Å²) in [5.74, 6) is -0.306. The van der Waals surface area contributed by atoms with Crippen molar-refractivity contribution in [3.8, 4) is 0 Å². The summed E-state index contributed by atoms with van der Waals surface area (Å²) >= 11 is 1.46. The average molecular weight is 273 g/mol. The minimum atomic E-state index is -1.31. The van der Waals surface area contributed by atoms with E-state index in [0.29, 0.717) is 5.56 Å². The maximum absolute atomic E-state index is 13.2. The van der Waals surface area contributed by atoms with Crippen molar-refractivity contribution in [2.45, 2.75) is 30.4 Å². The molecule has 0 unspecified atom stereocenters. The maximum atomic E-state index is 13.2. The summed E-state index contributed by atoms with van der Waals surface area (Å²) in [7, 11) is -1.31. The van der Waals surface area contributed by atoms with Crippen molar-refractivity contribution in [2.24, 2.45) is 4.40 Å². The lowest BCUT2D eigenvalue weighted by Gasteiger charge is -2.12. The zero-order valence-corrected chi connectivity index (χ0v) is 12.0. The van der Waals surface area contributed by atoms with Crippen LogP contribution in [0.5, 0.6) is 0 Å². The van der Waals surface area contributed by atoms with Gasteiger partial charge in [0.2, 0.25) is 0 Å². The highest BCUT2D eigenvalue weighted by molar-refractivity contribution is 7.98. The second-order valence-corrected chi connectivity index (χ2v) is 7.33. The Morgan fingerprint density at radius 2 is 2.00 bits per heavy atom. The number of benzene rings is 1. The number of nitrogens with zero attached hydrogens (tertiary/aromatic N) is 1. The van der Waals surface area contributed by atoms with Gasteiger partial charge in [0.25, 0.3) is 0 Å². The number of hydrogen-bond donors (Lipinski definition) is 0. The summed E-state index contributed by atoms with van der Waals surface area (Å²) < 4.78 is 28.5. The first-order valence-electron chi connectivity index (χ1n) is 5.13. The van der Waals surface area contributed by atoms with E-state index in [9.17, 15) is 8.60 Å². The molecule has 1 aromatic rings. The van der Waals surface area contributed by atoms with E-state index in [1.165, 1.54) is 30.1 Å². The number of hydrogen-bond acceptors (Lipinski definition) is 2. The number of thioether (sulfide) groups is 1. The molecule has 0 fully saturated rings. The van der Waals surface area contributed by atoms with Crippen molar-refractivity contribution in [1.29, 1.82) is 0 Å². The molecule has 0 aromatic heterocycles. The van der Waals surface area contributed by atoms with Crippen LogP contribution in [-0.2, 0) is 11.0 Å². The maximum Gasteiger partial charge on any atom is 0.144 e. The van der Waals surface area contributed by atoms with Crippen LogP contribution in [0.4, 0.5) is 4.39 Å². The molecule has 17 heavy (non-hydrogen) atoms. The van der Waals surface area contributed by atoms with Crippen molar-refractivity contribution < 1.29 is 8.60 Å². The van der Waals surface area contributed by atoms with Gasteiger partial charge in [-0.05, 0) is 50.8 Å². The summed E-state index contributed by atoms with van der Waals surface area (Å²) in [5.41, 5.74) is 0.631. The molecule has 0 radical (unpaired) electrons. The molecule has 1 rings (SSSR count). The minimum Gasteiger partial charge on any atom is -0.234 e. The van der Waals surface area contributed by atoms with Gasteiger partial charge in [-0.25, -0.2) is 8.60 Å². The van der Waals surface area contributed by atoms with Crippen LogP contribution in [0, 0.1) is 5.82 Å². The van der Waals surface area contributed by atoms with Gasteiger partial charge >= 0.3 is 0 Å². The fourth-order valence-corrected chi connectivity index (χ4v) is 2.06. The Morgan fingerprint density at radius 3 is 2.53 bits per heavy atom. The molecule has 0 bridgehead atoms. The van der Waals surface area contributed by atoms with E-state index in [0.717, 1.165) is 4.90 Å². The lowest BCUT2D eigenvalue weighted by Crippen LogP contribution is -2.19. The normalized spacial score (nSPS) is 14.2. The smallest absolute Gasteiger partial charge is 0.144 e. The van der Waals surface area contributed by atoms with Gasteiger partial charge in [0.05, 0.1) is 4.75 Å². The topological polar surface area (TPSA) is 29.4 Å². The Bertz CT molecular complexity index is 452. The third-order valence-electron chi connectivity index (χ3n) is 1.95. The molecule has 5 heteroatoms. The third-order valence-corrected chi connectivity index (χ3v) is 4.00. The van der Waals surface area contributed by atoms with Gasteiger partial charge in [0.15, 0.2) is 0 Å². The van der Waals surface area contributed by atoms with E-state index in [2.05, 4.69) is 4.40 Å². The van der Waals surface area contributed by atoms with Crippen LogP contribution in [0.25, 0.3) is 0 Å². The van der Waals surface area contributed by atoms with Crippen molar-refractivity contribution in [1.82, 2.24) is 0 Å². The van der Waals surface area contributed by atoms with Gasteiger partial charge in [0, 0.05) is 11.1 Å². The number of halogens is 1. The number of rotatable bonds is 3. The molecule has 0 amide bonds. The lowest BCUT2D eigenvalue weighted by molar-refractivity contribution is 0.624. The molecule has 0 spiro atoms. The average Bonchev–Trinajstić information content (AvgIpc) is 2.23. The van der Waals surface area contributed by atoms with E-state index in [1.807, 2.05) is 33.1 Å². The molecule has 2 nitrogen and oxygen atoms in total. The fraction of sp³-hybridized carbons (Fsp3) is 0.417. The van der Waals surface area contributed by atoms with Crippen LogP contribution in [0.2, 0.25) is 0 Å². The summed E-state index contributed by atoms with van der Waals surface area (Å²) in [6, 6.07) is 4.66. The molecular formula is C12H16FNOS2. The molecule has 0 aliphatic rings. The van der Waals surface area contributed by atoms with Crippen LogP contribution in [0.15, 0.2) is 27.5 Å². The van der Waals surface area contributed by atoms with Gasteiger partial charge < -0.3 is 0 Å². The first kappa shape index (κ1) is 14.4. The van der Waals surface area contributed by atoms with Crippen LogP contribution < -0.4 is 0 Å². The van der Waals surface area contributed by atoms with Crippen molar-refractivity contribution in [3.05, 3.63) is 29.6 Å². The Hall–Kier alpha value is -0.680. The van der Waals surface area contributed by atoms with Gasteiger partial charge in [-0.2, -0.15) is 4.40 Å². The van der Waals surface area contributed by atoms with Crippen molar-refractivity contribution in [2.75, 3.05) is 6.26 Å². The standard InChI is InChI=1S/C12H16FNOS2/c1-12(2,3)17(15)14-8-9-5-10(13)7-11(6-9)16-4/h5-8H,1-4H3/t17-/m0/s1. The monoisotopic (exact) mass is 273 g/mol. The quantitative estimate of drug-likeness (QED) is 0.624. The van der Waals surface area contributed by atoms with Crippen LogP contribution >= 0.6 is 11.8 Å². The highest BCUT2D eigenvalue weighted by Gasteiger charge is 2.18. The summed E-state index contributed by atoms with van der Waals surface area (Å²) in [6.45, 7) is 5.54. The van der Waals surface area contributed by atoms with E-state index in [1.54, 1.807) is 0 Å². The van der Waals surface area contributed by atoms with Crippen molar-refractivity contribution in [3.63, 3.8) is 0 Å². The predicted molar refractivity (Wildman–Crippen MR) is 73.7 cm³/mol. The predicted octanol–water partition coefficient (Wildman–Crippen LogP) is 3.43. The van der Waals surface area contributed by atoms with E-state index >= 15 is 0 Å². The van der Waals surface area contributed by atoms with Crippen LogP contribution in [-0.4, -0.2) is 21.4 Å². The van der Waals surface area contributed by atoms with Gasteiger partial charge in [0.1, 0.15) is 16.8 Å². The SMILES string of the molecule is CSc1cc(F)cc(C=N[S@@](=O)C(C)(C)C)c1. The van der Waals surface area contributed by atoms with Gasteiger partial charge in [-0.3, -0.25) is 0 Å². The molecule has 0 N–H and O–H groups in total. The second-order valence-electron chi connectivity index (χ2n) is 4.52. The van der Waals surface area contributed by atoms with Crippen LogP contribution in [0.1, 0.15) is 26.3 Å². The molecule has 0 aliphatic carbocycles. The van der Waals surface area contributed by atoms with Crippen LogP contribution in [0.3, 0.4) is 0 Å². The summed E-state index contributed by atoms with van der Waals surface area (Å²) in [4.78, 5) is 0.827. The largest absolute Gasteiger partial charge is 0.234 e. The summed E-state index contributed by atoms with van der Waals surface area (Å²) in [6.07, 6.45) is 3.34. The Morgan fingerprint density at radius 1 is 1.35 bits per heavy atom. The molecule has 0 saturated heterocycles. The zero-order valence-electron chi connectivity index (χ0n) is 10.4. The molecule has 1 aromatic carbocycles. The van der Waals surface area contributed by atoms with E-state index in [4.69, 9.17) is 0 Å². The third kappa shape index (κ3) is 4.60. The first-order chi connectivity index (χ1) is 7.82. The van der Waals surface area contributed by atoms with E-state index in [-0.39, 0.29) is 5.82 Å². The molecule has 1 atom stereocenters. The van der Waals surface area contributed by atoms with E-state index < -0.39 is 15.7 Å².